The summed E-state index contributed by atoms with van der Waals surface area (Å²) >= 11 is 0. The third-order valence-corrected chi connectivity index (χ3v) is 9.71. The average molecular weight is 659 g/mol. The maximum absolute atomic E-state index is 6.44. The van der Waals surface area contributed by atoms with Gasteiger partial charge in [-0.1, -0.05) is 116 Å². The van der Waals surface area contributed by atoms with Gasteiger partial charge in [0.1, 0.15) is 11.2 Å². The largest absolute Gasteiger partial charge is 0.455 e. The summed E-state index contributed by atoms with van der Waals surface area (Å²) in [7, 11) is 0. The van der Waals surface area contributed by atoms with Crippen molar-refractivity contribution in [1.29, 1.82) is 0 Å². The highest BCUT2D eigenvalue weighted by molar-refractivity contribution is 6.13. The standard InChI is InChI=1S/C47H35N3O/c1-31(2)45(32-15-5-3-6-16-32)49-47(48-35-18-7-4-8-19-35)34-17-13-20-36(29-34)50-42-25-11-9-21-38(42)41-30-33(27-28-43(41)50)37-23-14-24-40-39-22-10-12-26-44(39)51-46(37)40/h3-30,47-48H,1H2,2H3/p+1. The van der Waals surface area contributed by atoms with E-state index in [1.165, 1.54) is 10.8 Å². The fourth-order valence-corrected chi connectivity index (χ4v) is 7.34. The number of para-hydroxylation sites is 4. The summed E-state index contributed by atoms with van der Waals surface area (Å²) in [6, 6.07) is 59.7. The van der Waals surface area contributed by atoms with E-state index in [-0.39, 0.29) is 6.17 Å². The number of rotatable bonds is 8. The van der Waals surface area contributed by atoms with Gasteiger partial charge in [0.15, 0.2) is 0 Å². The van der Waals surface area contributed by atoms with Crippen molar-refractivity contribution >= 4 is 55.1 Å². The Morgan fingerprint density at radius 1 is 0.627 bits per heavy atom. The summed E-state index contributed by atoms with van der Waals surface area (Å²) in [5.74, 6) is 0. The predicted molar refractivity (Wildman–Crippen MR) is 213 cm³/mol. The van der Waals surface area contributed by atoms with Gasteiger partial charge >= 0.3 is 0 Å². The molecule has 0 radical (unpaired) electrons. The molecule has 2 N–H and O–H groups in total. The first-order valence-corrected chi connectivity index (χ1v) is 17.3. The first kappa shape index (κ1) is 30.4. The molecule has 0 fully saturated rings. The minimum atomic E-state index is -0.233. The zero-order valence-corrected chi connectivity index (χ0v) is 28.3. The van der Waals surface area contributed by atoms with Crippen LogP contribution in [-0.2, 0) is 0 Å². The lowest BCUT2D eigenvalue weighted by atomic mass is 10.0. The zero-order chi connectivity index (χ0) is 34.3. The second kappa shape index (κ2) is 12.7. The minimum absolute atomic E-state index is 0.233. The van der Waals surface area contributed by atoms with Gasteiger partial charge in [0.05, 0.1) is 11.0 Å². The van der Waals surface area contributed by atoms with E-state index in [9.17, 15) is 0 Å². The summed E-state index contributed by atoms with van der Waals surface area (Å²) < 4.78 is 8.81. The van der Waals surface area contributed by atoms with Crippen LogP contribution in [0.15, 0.2) is 186 Å². The van der Waals surface area contributed by atoms with Crippen molar-refractivity contribution in [2.45, 2.75) is 13.1 Å². The Hall–Kier alpha value is -6.65. The van der Waals surface area contributed by atoms with Crippen molar-refractivity contribution in [2.75, 3.05) is 5.32 Å². The number of furan rings is 1. The molecule has 0 aliphatic heterocycles. The molecule has 4 nitrogen and oxygen atoms in total. The number of anilines is 1. The van der Waals surface area contributed by atoms with E-state index < -0.39 is 0 Å². The van der Waals surface area contributed by atoms with E-state index in [0.717, 1.165) is 77.9 Å². The van der Waals surface area contributed by atoms with Crippen molar-refractivity contribution in [1.82, 2.24) is 4.57 Å². The molecule has 1 atom stereocenters. The molecule has 0 bridgehead atoms. The smallest absolute Gasteiger partial charge is 0.251 e. The van der Waals surface area contributed by atoms with Crippen molar-refractivity contribution in [3.63, 3.8) is 0 Å². The van der Waals surface area contributed by atoms with Crippen molar-refractivity contribution in [3.05, 3.63) is 193 Å². The van der Waals surface area contributed by atoms with Gasteiger partial charge in [0.25, 0.3) is 6.17 Å². The Kier molecular flexibility index (Phi) is 7.55. The van der Waals surface area contributed by atoms with E-state index in [1.54, 1.807) is 0 Å². The van der Waals surface area contributed by atoms with Crippen molar-refractivity contribution in [3.8, 4) is 16.8 Å². The molecular weight excluding hydrogens is 623 g/mol. The SMILES string of the molecule is C=C(C)C(=[NH+]C(Nc1ccccc1)c1cccc(-n2c3ccccc3c3cc(-c4cccc5c4oc4ccccc45)ccc32)c1)c1ccccc1. The number of benzene rings is 7. The summed E-state index contributed by atoms with van der Waals surface area (Å²) in [5.41, 5.74) is 12.6. The number of hydrogen-bond donors (Lipinski definition) is 2. The van der Waals surface area contributed by atoms with Gasteiger partial charge < -0.3 is 14.3 Å². The van der Waals surface area contributed by atoms with Gasteiger partial charge in [0, 0.05) is 55.2 Å². The molecule has 7 aromatic carbocycles. The summed E-state index contributed by atoms with van der Waals surface area (Å²) in [4.78, 5) is 3.82. The monoisotopic (exact) mass is 658 g/mol. The lowest BCUT2D eigenvalue weighted by Gasteiger charge is -2.16. The van der Waals surface area contributed by atoms with Crippen LogP contribution in [0, 0.1) is 0 Å². The molecule has 51 heavy (non-hydrogen) atoms. The molecule has 0 aliphatic carbocycles. The van der Waals surface area contributed by atoms with E-state index in [2.05, 4.69) is 167 Å². The number of fused-ring (bicyclic) bond motifs is 6. The number of hydrogen-bond acceptors (Lipinski definition) is 2. The second-order valence-electron chi connectivity index (χ2n) is 13.1. The van der Waals surface area contributed by atoms with Gasteiger partial charge in [-0.25, -0.2) is 4.99 Å². The normalized spacial score (nSPS) is 12.5. The van der Waals surface area contributed by atoms with Gasteiger partial charge in [-0.3, -0.25) is 0 Å². The fourth-order valence-electron chi connectivity index (χ4n) is 7.34. The molecule has 0 amide bonds. The van der Waals surface area contributed by atoms with E-state index >= 15 is 0 Å². The molecule has 0 saturated carbocycles. The minimum Gasteiger partial charge on any atom is -0.455 e. The maximum atomic E-state index is 6.44. The summed E-state index contributed by atoms with van der Waals surface area (Å²) in [6.45, 7) is 6.38. The Morgan fingerprint density at radius 2 is 1.31 bits per heavy atom. The number of aromatic nitrogens is 1. The average Bonchev–Trinajstić information content (AvgIpc) is 3.73. The summed E-state index contributed by atoms with van der Waals surface area (Å²) in [5, 5.41) is 8.43. The Morgan fingerprint density at radius 3 is 2.14 bits per heavy atom. The van der Waals surface area contributed by atoms with E-state index in [1.807, 2.05) is 31.2 Å². The van der Waals surface area contributed by atoms with Crippen molar-refractivity contribution < 1.29 is 9.41 Å². The Balaban J connectivity index is 1.19. The first-order valence-electron chi connectivity index (χ1n) is 17.3. The number of nitrogens with one attached hydrogen (secondary N) is 2. The van der Waals surface area contributed by atoms with Gasteiger partial charge in [-0.15, -0.1) is 0 Å². The molecule has 9 aromatic rings. The lowest BCUT2D eigenvalue weighted by Crippen LogP contribution is -2.77. The summed E-state index contributed by atoms with van der Waals surface area (Å²) in [6.07, 6.45) is -0.233. The molecule has 1 unspecified atom stereocenters. The molecule has 2 aromatic heterocycles. The molecule has 9 rings (SSSR count). The van der Waals surface area contributed by atoms with Gasteiger partial charge in [-0.2, -0.15) is 0 Å². The number of allylic oxidation sites excluding steroid dienone is 1. The first-order chi connectivity index (χ1) is 25.1. The van der Waals surface area contributed by atoms with Crippen LogP contribution < -0.4 is 10.3 Å². The van der Waals surface area contributed by atoms with E-state index in [4.69, 9.17) is 4.42 Å². The second-order valence-corrected chi connectivity index (χ2v) is 13.1. The molecule has 2 heterocycles. The zero-order valence-electron chi connectivity index (χ0n) is 28.3. The molecule has 4 heteroatoms. The van der Waals surface area contributed by atoms with Gasteiger partial charge in [-0.05, 0) is 73.2 Å². The topological polar surface area (TPSA) is 44.1 Å². The lowest BCUT2D eigenvalue weighted by molar-refractivity contribution is -0.500. The molecular formula is C47H36N3O+. The highest BCUT2D eigenvalue weighted by Gasteiger charge is 2.22. The molecule has 0 saturated heterocycles. The van der Waals surface area contributed by atoms with Gasteiger partial charge in [0.2, 0.25) is 5.71 Å². The van der Waals surface area contributed by atoms with Crippen LogP contribution >= 0.6 is 0 Å². The third kappa shape index (κ3) is 5.48. The van der Waals surface area contributed by atoms with Crippen LogP contribution in [-0.4, -0.2) is 10.3 Å². The quantitative estimate of drug-likeness (QED) is 0.126. The Bertz CT molecular complexity index is 2750. The predicted octanol–water partition coefficient (Wildman–Crippen LogP) is 10.6. The highest BCUT2D eigenvalue weighted by Crippen LogP contribution is 2.39. The van der Waals surface area contributed by atoms with Crippen LogP contribution in [0.4, 0.5) is 5.69 Å². The molecule has 244 valence electrons. The van der Waals surface area contributed by atoms with Crippen LogP contribution in [0.2, 0.25) is 0 Å². The third-order valence-electron chi connectivity index (χ3n) is 9.71. The van der Waals surface area contributed by atoms with Crippen LogP contribution in [0.1, 0.15) is 24.2 Å². The molecule has 0 aliphatic rings. The highest BCUT2D eigenvalue weighted by atomic mass is 16.3. The Labute approximate surface area is 296 Å². The fraction of sp³-hybridized carbons (Fsp3) is 0.0426. The van der Waals surface area contributed by atoms with Crippen molar-refractivity contribution in [2.24, 2.45) is 0 Å². The van der Waals surface area contributed by atoms with Crippen LogP contribution in [0.3, 0.4) is 0 Å². The molecule has 0 spiro atoms. The van der Waals surface area contributed by atoms with Crippen LogP contribution in [0.5, 0.6) is 0 Å². The van der Waals surface area contributed by atoms with E-state index in [0.29, 0.717) is 0 Å². The maximum Gasteiger partial charge on any atom is 0.251 e. The number of nitrogens with zero attached hydrogens (tertiary/aromatic N) is 1. The van der Waals surface area contributed by atoms with Crippen LogP contribution in [0.25, 0.3) is 60.6 Å².